The van der Waals surface area contributed by atoms with Crippen LogP contribution in [0, 0.1) is 6.92 Å². The van der Waals surface area contributed by atoms with Gasteiger partial charge in [-0.15, -0.1) is 11.3 Å². The predicted molar refractivity (Wildman–Crippen MR) is 143 cm³/mol. The van der Waals surface area contributed by atoms with Crippen molar-refractivity contribution < 1.29 is 14.3 Å². The van der Waals surface area contributed by atoms with E-state index in [1.807, 2.05) is 48.7 Å². The van der Waals surface area contributed by atoms with Crippen molar-refractivity contribution in [1.82, 2.24) is 10.4 Å². The first-order chi connectivity index (χ1) is 17.4. The number of nitrogens with one attached hydrogen (secondary N) is 2. The molecule has 0 fully saturated rings. The van der Waals surface area contributed by atoms with Crippen molar-refractivity contribution in [2.24, 2.45) is 10.8 Å². The molecule has 0 aliphatic carbocycles. The van der Waals surface area contributed by atoms with E-state index in [4.69, 9.17) is 22.1 Å². The van der Waals surface area contributed by atoms with E-state index in [0.29, 0.717) is 21.9 Å². The molecule has 0 unspecified atom stereocenters. The summed E-state index contributed by atoms with van der Waals surface area (Å²) >= 11 is 7.53. The Bertz CT molecular complexity index is 1400. The second-order valence-corrected chi connectivity index (χ2v) is 9.04. The molecular weight excluding hydrogens is 498 g/mol. The zero-order valence-corrected chi connectivity index (χ0v) is 20.8. The third kappa shape index (κ3) is 6.68. The lowest BCUT2D eigenvalue weighted by Crippen LogP contribution is -2.20. The number of halogens is 1. The van der Waals surface area contributed by atoms with Gasteiger partial charge in [-0.1, -0.05) is 41.4 Å². The highest BCUT2D eigenvalue weighted by Crippen LogP contribution is 2.27. The Kier molecular flexibility index (Phi) is 7.94. The lowest BCUT2D eigenvalue weighted by molar-refractivity contribution is -0.119. The number of anilines is 2. The number of amides is 2. The van der Waals surface area contributed by atoms with Crippen molar-refractivity contribution >= 4 is 51.8 Å². The first kappa shape index (κ1) is 24.9. The van der Waals surface area contributed by atoms with Gasteiger partial charge < -0.3 is 15.8 Å². The Morgan fingerprint density at radius 2 is 1.86 bits per heavy atom. The van der Waals surface area contributed by atoms with Gasteiger partial charge in [0.15, 0.2) is 11.7 Å². The molecule has 0 saturated carbocycles. The van der Waals surface area contributed by atoms with Crippen LogP contribution in [0.2, 0.25) is 5.02 Å². The Morgan fingerprint density at radius 3 is 2.58 bits per heavy atom. The van der Waals surface area contributed by atoms with Gasteiger partial charge in [-0.05, 0) is 49.4 Å². The maximum Gasteiger partial charge on any atom is 0.271 e. The maximum absolute atomic E-state index is 12.5. The molecule has 4 rings (SSSR count). The molecule has 0 aliphatic heterocycles. The molecule has 2 amide bonds. The third-order valence-electron chi connectivity index (χ3n) is 4.96. The summed E-state index contributed by atoms with van der Waals surface area (Å²) in [5.41, 5.74) is 12.4. The zero-order chi connectivity index (χ0) is 25.5. The van der Waals surface area contributed by atoms with E-state index in [0.717, 1.165) is 22.1 Å². The number of nitrogens with zero attached hydrogens (tertiary/aromatic N) is 2. The Hall–Kier alpha value is -4.21. The molecule has 0 atom stereocenters. The van der Waals surface area contributed by atoms with E-state index in [2.05, 4.69) is 20.8 Å². The first-order valence-electron chi connectivity index (χ1n) is 10.8. The summed E-state index contributed by atoms with van der Waals surface area (Å²) in [6.07, 6.45) is 1.38. The molecule has 10 heteroatoms. The van der Waals surface area contributed by atoms with Gasteiger partial charge in [0.25, 0.3) is 11.8 Å². The van der Waals surface area contributed by atoms with Gasteiger partial charge >= 0.3 is 0 Å². The number of aromatic nitrogens is 1. The lowest BCUT2D eigenvalue weighted by atomic mass is 10.1. The van der Waals surface area contributed by atoms with Crippen LogP contribution in [0.4, 0.5) is 10.8 Å². The molecule has 1 heterocycles. The van der Waals surface area contributed by atoms with Crippen molar-refractivity contribution in [3.05, 3.63) is 93.8 Å². The molecule has 3 aromatic carbocycles. The average molecular weight is 520 g/mol. The number of nitrogens with two attached hydrogens (primary N) is 1. The minimum atomic E-state index is -0.610. The number of hydrogen-bond donors (Lipinski definition) is 3. The number of hydrogen-bond acceptors (Lipinski definition) is 7. The number of hydrazone groups is 1. The molecule has 36 heavy (non-hydrogen) atoms. The molecule has 0 aliphatic rings. The smallest absolute Gasteiger partial charge is 0.271 e. The van der Waals surface area contributed by atoms with E-state index in [-0.39, 0.29) is 12.5 Å². The number of primary amides is 1. The molecule has 0 radical (unpaired) electrons. The standard InChI is InChI=1S/C26H22ClN5O3S/c1-16-2-9-21(10-3-16)30-26-31-22(15-36-26)17-4-6-18(7-5-17)25(34)32-29-13-19-12-20(27)8-11-23(19)35-14-24(28)33/h2-13,15H,14H2,1H3,(H2,28,33)(H,30,31)(H,32,34)/b29-13+. The van der Waals surface area contributed by atoms with Gasteiger partial charge in [-0.3, -0.25) is 9.59 Å². The maximum atomic E-state index is 12.5. The summed E-state index contributed by atoms with van der Waals surface area (Å²) in [6.45, 7) is 1.75. The zero-order valence-electron chi connectivity index (χ0n) is 19.2. The lowest BCUT2D eigenvalue weighted by Gasteiger charge is -2.07. The largest absolute Gasteiger partial charge is 0.483 e. The average Bonchev–Trinajstić information content (AvgIpc) is 3.33. The van der Waals surface area contributed by atoms with Crippen LogP contribution in [-0.2, 0) is 4.79 Å². The van der Waals surface area contributed by atoms with Crippen molar-refractivity contribution in [2.75, 3.05) is 11.9 Å². The number of ether oxygens (including phenoxy) is 1. The van der Waals surface area contributed by atoms with Crippen LogP contribution in [0.25, 0.3) is 11.3 Å². The highest BCUT2D eigenvalue weighted by atomic mass is 35.5. The molecule has 0 spiro atoms. The molecule has 182 valence electrons. The second kappa shape index (κ2) is 11.5. The van der Waals surface area contributed by atoms with E-state index >= 15 is 0 Å². The van der Waals surface area contributed by atoms with Crippen LogP contribution in [-0.4, -0.2) is 29.6 Å². The number of rotatable bonds is 9. The van der Waals surface area contributed by atoms with Gasteiger partial charge in [-0.25, -0.2) is 10.4 Å². The van der Waals surface area contributed by atoms with Gasteiger partial charge in [-0.2, -0.15) is 5.10 Å². The summed E-state index contributed by atoms with van der Waals surface area (Å²) in [5.74, 6) is -0.638. The summed E-state index contributed by atoms with van der Waals surface area (Å²) in [6, 6.07) is 20.0. The first-order valence-corrected chi connectivity index (χ1v) is 12.1. The minimum absolute atomic E-state index is 0.288. The van der Waals surface area contributed by atoms with Crippen LogP contribution >= 0.6 is 22.9 Å². The van der Waals surface area contributed by atoms with E-state index in [1.54, 1.807) is 30.3 Å². The quantitative estimate of drug-likeness (QED) is 0.209. The van der Waals surface area contributed by atoms with Gasteiger partial charge in [0.2, 0.25) is 0 Å². The number of carbonyl (C=O) groups is 2. The number of benzene rings is 3. The molecule has 8 nitrogen and oxygen atoms in total. The van der Waals surface area contributed by atoms with E-state index in [1.165, 1.54) is 23.1 Å². The predicted octanol–water partition coefficient (Wildman–Crippen LogP) is 5.14. The van der Waals surface area contributed by atoms with Gasteiger partial charge in [0.1, 0.15) is 5.75 Å². The molecule has 4 N–H and O–H groups in total. The molecule has 1 aromatic heterocycles. The van der Waals surface area contributed by atoms with Crippen molar-refractivity contribution in [3.8, 4) is 17.0 Å². The van der Waals surface area contributed by atoms with E-state index in [9.17, 15) is 9.59 Å². The highest BCUT2D eigenvalue weighted by molar-refractivity contribution is 7.14. The van der Waals surface area contributed by atoms with Gasteiger partial charge in [0, 0.05) is 32.8 Å². The summed E-state index contributed by atoms with van der Waals surface area (Å²) in [7, 11) is 0. The highest BCUT2D eigenvalue weighted by Gasteiger charge is 2.09. The summed E-state index contributed by atoms with van der Waals surface area (Å²) in [4.78, 5) is 28.1. The third-order valence-corrected chi connectivity index (χ3v) is 5.95. The van der Waals surface area contributed by atoms with Gasteiger partial charge in [0.05, 0.1) is 11.9 Å². The van der Waals surface area contributed by atoms with Crippen molar-refractivity contribution in [1.29, 1.82) is 0 Å². The molecule has 0 saturated heterocycles. The SMILES string of the molecule is Cc1ccc(Nc2nc(-c3ccc(C(=O)N/N=C/c4cc(Cl)ccc4OCC(N)=O)cc3)cs2)cc1. The molecular formula is C26H22ClN5O3S. The Morgan fingerprint density at radius 1 is 1.11 bits per heavy atom. The van der Waals surface area contributed by atoms with Crippen LogP contribution in [0.15, 0.2) is 77.2 Å². The second-order valence-electron chi connectivity index (χ2n) is 7.74. The molecule has 0 bridgehead atoms. The van der Waals surface area contributed by atoms with Crippen molar-refractivity contribution in [2.45, 2.75) is 6.92 Å². The molecule has 4 aromatic rings. The normalized spacial score (nSPS) is 10.8. The monoisotopic (exact) mass is 519 g/mol. The summed E-state index contributed by atoms with van der Waals surface area (Å²) in [5, 5.41) is 10.5. The fourth-order valence-corrected chi connectivity index (χ4v) is 4.06. The summed E-state index contributed by atoms with van der Waals surface area (Å²) < 4.78 is 5.34. The van der Waals surface area contributed by atoms with Crippen LogP contribution in [0.1, 0.15) is 21.5 Å². The number of aryl methyl sites for hydroxylation is 1. The number of thiazole rings is 1. The van der Waals surface area contributed by atoms with Crippen molar-refractivity contribution in [3.63, 3.8) is 0 Å². The fraction of sp³-hybridized carbons (Fsp3) is 0.0769. The Labute approximate surface area is 216 Å². The van der Waals surface area contributed by atoms with Crippen LogP contribution in [0.3, 0.4) is 0 Å². The Balaban J connectivity index is 1.38. The fourth-order valence-electron chi connectivity index (χ4n) is 3.14. The minimum Gasteiger partial charge on any atom is -0.483 e. The van der Waals surface area contributed by atoms with E-state index < -0.39 is 5.91 Å². The van der Waals surface area contributed by atoms with Crippen LogP contribution < -0.4 is 21.2 Å². The van der Waals surface area contributed by atoms with Crippen LogP contribution in [0.5, 0.6) is 5.75 Å². The number of carbonyl (C=O) groups excluding carboxylic acids is 2. The topological polar surface area (TPSA) is 119 Å².